The highest BCUT2D eigenvalue weighted by Gasteiger charge is 2.03. The number of nitrogen functional groups attached to an aromatic ring is 1. The van der Waals surface area contributed by atoms with Gasteiger partial charge in [-0.25, -0.2) is 0 Å². The minimum absolute atomic E-state index is 0.0681. The van der Waals surface area contributed by atoms with Gasteiger partial charge in [-0.3, -0.25) is 5.84 Å². The molecule has 0 aliphatic carbocycles. The van der Waals surface area contributed by atoms with E-state index in [9.17, 15) is 0 Å². The lowest BCUT2D eigenvalue weighted by molar-refractivity contribution is 0.281. The lowest BCUT2D eigenvalue weighted by Gasteiger charge is -2.10. The summed E-state index contributed by atoms with van der Waals surface area (Å²) < 4.78 is 0. The topological polar surface area (TPSA) is 58.3 Å². The first kappa shape index (κ1) is 9.03. The summed E-state index contributed by atoms with van der Waals surface area (Å²) in [4.78, 5) is 0. The number of nitrogens with two attached hydrogens (primary N) is 1. The van der Waals surface area contributed by atoms with E-state index in [0.29, 0.717) is 0 Å². The first-order valence-electron chi connectivity index (χ1n) is 4.01. The summed E-state index contributed by atoms with van der Waals surface area (Å²) in [5, 5.41) is 9.00. The van der Waals surface area contributed by atoms with Crippen molar-refractivity contribution in [3.05, 3.63) is 29.3 Å². The molecule has 0 aliphatic rings. The minimum atomic E-state index is 0.0681. The van der Waals surface area contributed by atoms with E-state index in [4.69, 9.17) is 10.9 Å². The maximum absolute atomic E-state index is 9.00. The number of hydrogen-bond donors (Lipinski definition) is 3. The molecule has 0 aliphatic heterocycles. The standard InChI is InChI=1S/C9H14N2O/c1-2-8-7(6-12)4-3-5-9(8)11-10/h3-5,11-12H,2,6,10H2,1H3. The van der Waals surface area contributed by atoms with Crippen molar-refractivity contribution in [2.24, 2.45) is 5.84 Å². The van der Waals surface area contributed by atoms with Crippen LogP contribution >= 0.6 is 0 Å². The fourth-order valence-corrected chi connectivity index (χ4v) is 1.34. The Hall–Kier alpha value is -1.06. The van der Waals surface area contributed by atoms with E-state index in [0.717, 1.165) is 23.2 Å². The number of anilines is 1. The van der Waals surface area contributed by atoms with Crippen LogP contribution in [-0.4, -0.2) is 5.11 Å². The van der Waals surface area contributed by atoms with E-state index in [1.807, 2.05) is 25.1 Å². The summed E-state index contributed by atoms with van der Waals surface area (Å²) in [7, 11) is 0. The summed E-state index contributed by atoms with van der Waals surface area (Å²) >= 11 is 0. The minimum Gasteiger partial charge on any atom is -0.392 e. The highest BCUT2D eigenvalue weighted by molar-refractivity contribution is 5.53. The van der Waals surface area contributed by atoms with E-state index in [1.54, 1.807) is 0 Å². The van der Waals surface area contributed by atoms with Crippen molar-refractivity contribution >= 4 is 5.69 Å². The van der Waals surface area contributed by atoms with Crippen LogP contribution in [0.5, 0.6) is 0 Å². The van der Waals surface area contributed by atoms with Crippen LogP contribution in [-0.2, 0) is 13.0 Å². The molecule has 0 saturated heterocycles. The zero-order valence-corrected chi connectivity index (χ0v) is 7.17. The second-order valence-electron chi connectivity index (χ2n) is 2.60. The van der Waals surface area contributed by atoms with Crippen molar-refractivity contribution in [1.29, 1.82) is 0 Å². The Morgan fingerprint density at radius 1 is 1.50 bits per heavy atom. The molecular weight excluding hydrogens is 152 g/mol. The number of aliphatic hydroxyl groups excluding tert-OH is 1. The summed E-state index contributed by atoms with van der Waals surface area (Å²) in [6, 6.07) is 5.68. The van der Waals surface area contributed by atoms with Crippen LogP contribution in [0, 0.1) is 0 Å². The second kappa shape index (κ2) is 4.09. The number of nitrogens with one attached hydrogen (secondary N) is 1. The Kier molecular flexibility index (Phi) is 3.08. The number of hydrazine groups is 1. The van der Waals surface area contributed by atoms with Gasteiger partial charge in [0.05, 0.1) is 12.3 Å². The van der Waals surface area contributed by atoms with Crippen molar-refractivity contribution in [2.75, 3.05) is 5.43 Å². The molecule has 0 atom stereocenters. The summed E-state index contributed by atoms with van der Waals surface area (Å²) in [6.07, 6.45) is 0.871. The maximum atomic E-state index is 9.00. The Morgan fingerprint density at radius 2 is 2.25 bits per heavy atom. The molecule has 0 unspecified atom stereocenters. The number of rotatable bonds is 3. The Bertz CT molecular complexity index is 238. The monoisotopic (exact) mass is 166 g/mol. The quantitative estimate of drug-likeness (QED) is 0.464. The zero-order chi connectivity index (χ0) is 8.97. The first-order chi connectivity index (χ1) is 5.83. The molecule has 0 radical (unpaired) electrons. The van der Waals surface area contributed by atoms with Crippen molar-refractivity contribution < 1.29 is 5.11 Å². The van der Waals surface area contributed by atoms with Crippen molar-refractivity contribution in [1.82, 2.24) is 0 Å². The molecule has 12 heavy (non-hydrogen) atoms. The lowest BCUT2D eigenvalue weighted by Crippen LogP contribution is -2.10. The van der Waals surface area contributed by atoms with Crippen LogP contribution in [0.4, 0.5) is 5.69 Å². The van der Waals surface area contributed by atoms with Gasteiger partial charge in [0.15, 0.2) is 0 Å². The number of hydrogen-bond acceptors (Lipinski definition) is 3. The summed E-state index contributed by atoms with van der Waals surface area (Å²) in [5.74, 6) is 5.32. The third kappa shape index (κ3) is 1.57. The van der Waals surface area contributed by atoms with E-state index >= 15 is 0 Å². The molecule has 0 spiro atoms. The largest absolute Gasteiger partial charge is 0.392 e. The van der Waals surface area contributed by atoms with Crippen LogP contribution in [0.25, 0.3) is 0 Å². The molecule has 0 aromatic heterocycles. The van der Waals surface area contributed by atoms with Gasteiger partial charge in [0.2, 0.25) is 0 Å². The molecule has 3 heteroatoms. The molecule has 4 N–H and O–H groups in total. The molecule has 0 bridgehead atoms. The van der Waals surface area contributed by atoms with Crippen LogP contribution in [0.3, 0.4) is 0 Å². The zero-order valence-electron chi connectivity index (χ0n) is 7.17. The molecule has 0 saturated carbocycles. The van der Waals surface area contributed by atoms with Gasteiger partial charge in [0, 0.05) is 0 Å². The normalized spacial score (nSPS) is 9.92. The van der Waals surface area contributed by atoms with Crippen LogP contribution < -0.4 is 11.3 Å². The molecule has 3 nitrogen and oxygen atoms in total. The van der Waals surface area contributed by atoms with Gasteiger partial charge in [0.25, 0.3) is 0 Å². The molecule has 0 heterocycles. The van der Waals surface area contributed by atoms with Gasteiger partial charge >= 0.3 is 0 Å². The molecule has 1 rings (SSSR count). The molecule has 66 valence electrons. The van der Waals surface area contributed by atoms with Crippen molar-refractivity contribution in [3.63, 3.8) is 0 Å². The average molecular weight is 166 g/mol. The number of benzene rings is 1. The smallest absolute Gasteiger partial charge is 0.0685 e. The predicted molar refractivity (Wildman–Crippen MR) is 49.6 cm³/mol. The number of aliphatic hydroxyl groups is 1. The average Bonchev–Trinajstić information content (AvgIpc) is 2.16. The maximum Gasteiger partial charge on any atom is 0.0685 e. The lowest BCUT2D eigenvalue weighted by atomic mass is 10.0. The van der Waals surface area contributed by atoms with Gasteiger partial charge in [-0.15, -0.1) is 0 Å². The van der Waals surface area contributed by atoms with Gasteiger partial charge in [0.1, 0.15) is 0 Å². The fraction of sp³-hybridized carbons (Fsp3) is 0.333. The SMILES string of the molecule is CCc1c(CO)cccc1NN. The first-order valence-corrected chi connectivity index (χ1v) is 4.01. The third-order valence-electron chi connectivity index (χ3n) is 1.95. The van der Waals surface area contributed by atoms with Gasteiger partial charge in [-0.1, -0.05) is 19.1 Å². The van der Waals surface area contributed by atoms with E-state index in [1.165, 1.54) is 0 Å². The Morgan fingerprint density at radius 3 is 2.75 bits per heavy atom. The van der Waals surface area contributed by atoms with Gasteiger partial charge in [-0.05, 0) is 23.6 Å². The van der Waals surface area contributed by atoms with Crippen LogP contribution in [0.15, 0.2) is 18.2 Å². The highest BCUT2D eigenvalue weighted by atomic mass is 16.3. The van der Waals surface area contributed by atoms with Crippen molar-refractivity contribution in [3.8, 4) is 0 Å². The Labute approximate surface area is 72.2 Å². The van der Waals surface area contributed by atoms with Crippen LogP contribution in [0.2, 0.25) is 0 Å². The second-order valence-corrected chi connectivity index (χ2v) is 2.60. The summed E-state index contributed by atoms with van der Waals surface area (Å²) in [5.41, 5.74) is 5.53. The molecule has 1 aromatic rings. The Balaban J connectivity index is 3.13. The molecule has 1 aromatic carbocycles. The third-order valence-corrected chi connectivity index (χ3v) is 1.95. The fourth-order valence-electron chi connectivity index (χ4n) is 1.34. The van der Waals surface area contributed by atoms with E-state index in [2.05, 4.69) is 5.43 Å². The van der Waals surface area contributed by atoms with Crippen LogP contribution in [0.1, 0.15) is 18.1 Å². The van der Waals surface area contributed by atoms with E-state index in [-0.39, 0.29) is 6.61 Å². The predicted octanol–water partition coefficient (Wildman–Crippen LogP) is 1.03. The summed E-state index contributed by atoms with van der Waals surface area (Å²) in [6.45, 7) is 2.11. The molecular formula is C9H14N2O. The van der Waals surface area contributed by atoms with E-state index < -0.39 is 0 Å². The highest BCUT2D eigenvalue weighted by Crippen LogP contribution is 2.19. The molecule has 0 fully saturated rings. The van der Waals surface area contributed by atoms with Gasteiger partial charge < -0.3 is 10.5 Å². The molecule has 0 amide bonds. The van der Waals surface area contributed by atoms with Crippen molar-refractivity contribution in [2.45, 2.75) is 20.0 Å². The van der Waals surface area contributed by atoms with Gasteiger partial charge in [-0.2, -0.15) is 0 Å².